The minimum Gasteiger partial charge on any atom is -0.368 e. The van der Waals surface area contributed by atoms with Crippen molar-refractivity contribution in [2.75, 3.05) is 18.4 Å². The molecule has 1 amide bonds. The Morgan fingerprint density at radius 3 is 2.83 bits per heavy atom. The van der Waals surface area contributed by atoms with E-state index in [1.807, 2.05) is 32.9 Å². The highest BCUT2D eigenvalue weighted by Gasteiger charge is 2.14. The average Bonchev–Trinajstić information content (AvgIpc) is 2.34. The normalized spacial score (nSPS) is 10.2. The van der Waals surface area contributed by atoms with E-state index in [0.29, 0.717) is 24.8 Å². The SMILES string of the molecule is C=CCN(CC)C(=O)c1cccc(NC(C)C)n1. The molecular weight excluding hydrogens is 226 g/mol. The maximum Gasteiger partial charge on any atom is 0.272 e. The number of pyridine rings is 1. The lowest BCUT2D eigenvalue weighted by Gasteiger charge is -2.19. The van der Waals surface area contributed by atoms with Gasteiger partial charge in [-0.2, -0.15) is 0 Å². The smallest absolute Gasteiger partial charge is 0.272 e. The minimum absolute atomic E-state index is 0.0650. The minimum atomic E-state index is -0.0650. The van der Waals surface area contributed by atoms with Gasteiger partial charge in [0.2, 0.25) is 0 Å². The van der Waals surface area contributed by atoms with Crippen molar-refractivity contribution >= 4 is 11.7 Å². The average molecular weight is 247 g/mol. The van der Waals surface area contributed by atoms with Crippen molar-refractivity contribution in [3.63, 3.8) is 0 Å². The number of hydrogen-bond donors (Lipinski definition) is 1. The highest BCUT2D eigenvalue weighted by atomic mass is 16.2. The molecule has 1 rings (SSSR count). The van der Waals surface area contributed by atoms with Gasteiger partial charge in [-0.1, -0.05) is 12.1 Å². The third-order valence-corrected chi connectivity index (χ3v) is 2.42. The molecule has 4 nitrogen and oxygen atoms in total. The van der Waals surface area contributed by atoms with Crippen LogP contribution in [-0.2, 0) is 0 Å². The lowest BCUT2D eigenvalue weighted by molar-refractivity contribution is 0.0776. The van der Waals surface area contributed by atoms with Gasteiger partial charge in [0.15, 0.2) is 0 Å². The third-order valence-electron chi connectivity index (χ3n) is 2.42. The summed E-state index contributed by atoms with van der Waals surface area (Å²) in [4.78, 5) is 18.2. The van der Waals surface area contributed by atoms with E-state index >= 15 is 0 Å². The van der Waals surface area contributed by atoms with Crippen LogP contribution in [0.5, 0.6) is 0 Å². The molecule has 0 aliphatic heterocycles. The highest BCUT2D eigenvalue weighted by molar-refractivity contribution is 5.92. The van der Waals surface area contributed by atoms with Crippen LogP contribution in [0.3, 0.4) is 0 Å². The first kappa shape index (κ1) is 14.2. The summed E-state index contributed by atoms with van der Waals surface area (Å²) in [6, 6.07) is 5.73. The molecule has 0 aliphatic carbocycles. The highest BCUT2D eigenvalue weighted by Crippen LogP contribution is 2.08. The number of nitrogens with one attached hydrogen (secondary N) is 1. The monoisotopic (exact) mass is 247 g/mol. The number of aromatic nitrogens is 1. The second-order valence-corrected chi connectivity index (χ2v) is 4.34. The number of amides is 1. The number of hydrogen-bond acceptors (Lipinski definition) is 3. The number of anilines is 1. The summed E-state index contributed by atoms with van der Waals surface area (Å²) in [5.41, 5.74) is 0.462. The lowest BCUT2D eigenvalue weighted by Crippen LogP contribution is -2.31. The molecule has 0 unspecified atom stereocenters. The maximum atomic E-state index is 12.2. The summed E-state index contributed by atoms with van der Waals surface area (Å²) in [6.07, 6.45) is 1.72. The molecule has 18 heavy (non-hydrogen) atoms. The van der Waals surface area contributed by atoms with Gasteiger partial charge in [0.05, 0.1) is 0 Å². The first-order valence-electron chi connectivity index (χ1n) is 6.22. The van der Waals surface area contributed by atoms with E-state index in [0.717, 1.165) is 5.82 Å². The fraction of sp³-hybridized carbons (Fsp3) is 0.429. The second kappa shape index (κ2) is 6.79. The standard InChI is InChI=1S/C14H21N3O/c1-5-10-17(6-2)14(18)12-8-7-9-13(16-12)15-11(3)4/h5,7-9,11H,1,6,10H2,2-4H3,(H,15,16). The summed E-state index contributed by atoms with van der Waals surface area (Å²) in [5.74, 6) is 0.662. The van der Waals surface area contributed by atoms with Gasteiger partial charge in [0.25, 0.3) is 5.91 Å². The number of likely N-dealkylation sites (N-methyl/N-ethyl adjacent to an activating group) is 1. The molecule has 1 N–H and O–H groups in total. The van der Waals surface area contributed by atoms with Crippen LogP contribution in [0, 0.1) is 0 Å². The Hall–Kier alpha value is -1.84. The van der Waals surface area contributed by atoms with Crippen molar-refractivity contribution in [1.29, 1.82) is 0 Å². The zero-order valence-electron chi connectivity index (χ0n) is 11.3. The molecule has 0 atom stereocenters. The molecule has 0 fully saturated rings. The zero-order chi connectivity index (χ0) is 13.5. The molecular formula is C14H21N3O. The predicted molar refractivity (Wildman–Crippen MR) is 74.8 cm³/mol. The van der Waals surface area contributed by atoms with Crippen molar-refractivity contribution in [3.05, 3.63) is 36.5 Å². The fourth-order valence-electron chi connectivity index (χ4n) is 1.60. The van der Waals surface area contributed by atoms with Crippen molar-refractivity contribution in [2.24, 2.45) is 0 Å². The van der Waals surface area contributed by atoms with Gasteiger partial charge in [-0.25, -0.2) is 4.98 Å². The topological polar surface area (TPSA) is 45.2 Å². The van der Waals surface area contributed by atoms with Gasteiger partial charge < -0.3 is 10.2 Å². The molecule has 0 spiro atoms. The molecule has 0 saturated heterocycles. The van der Waals surface area contributed by atoms with Crippen LogP contribution < -0.4 is 5.32 Å². The lowest BCUT2D eigenvalue weighted by atomic mass is 10.3. The van der Waals surface area contributed by atoms with Gasteiger partial charge in [0.1, 0.15) is 11.5 Å². The molecule has 1 heterocycles. The number of rotatable bonds is 6. The van der Waals surface area contributed by atoms with Gasteiger partial charge in [-0.15, -0.1) is 6.58 Å². The molecule has 0 bridgehead atoms. The van der Waals surface area contributed by atoms with E-state index in [4.69, 9.17) is 0 Å². The largest absolute Gasteiger partial charge is 0.368 e. The first-order valence-corrected chi connectivity index (χ1v) is 6.22. The van der Waals surface area contributed by atoms with Gasteiger partial charge in [0, 0.05) is 19.1 Å². The third kappa shape index (κ3) is 3.87. The van der Waals surface area contributed by atoms with Gasteiger partial charge in [-0.05, 0) is 32.9 Å². The predicted octanol–water partition coefficient (Wildman–Crippen LogP) is 2.55. The van der Waals surface area contributed by atoms with Crippen LogP contribution in [0.15, 0.2) is 30.9 Å². The van der Waals surface area contributed by atoms with Crippen molar-refractivity contribution in [2.45, 2.75) is 26.8 Å². The Bertz CT molecular complexity index is 415. The summed E-state index contributed by atoms with van der Waals surface area (Å²) >= 11 is 0. The Morgan fingerprint density at radius 1 is 1.56 bits per heavy atom. The van der Waals surface area contributed by atoms with E-state index in [9.17, 15) is 4.79 Å². The van der Waals surface area contributed by atoms with Crippen LogP contribution in [0.25, 0.3) is 0 Å². The van der Waals surface area contributed by atoms with E-state index in [-0.39, 0.29) is 5.91 Å². The van der Waals surface area contributed by atoms with Crippen LogP contribution >= 0.6 is 0 Å². The fourth-order valence-corrected chi connectivity index (χ4v) is 1.60. The Kier molecular flexibility index (Phi) is 5.36. The summed E-state index contributed by atoms with van der Waals surface area (Å²) < 4.78 is 0. The van der Waals surface area contributed by atoms with E-state index in [1.165, 1.54) is 0 Å². The maximum absolute atomic E-state index is 12.2. The molecule has 4 heteroatoms. The Labute approximate surface area is 109 Å². The quantitative estimate of drug-likeness (QED) is 0.786. The molecule has 1 aromatic rings. The Morgan fingerprint density at radius 2 is 2.28 bits per heavy atom. The zero-order valence-corrected chi connectivity index (χ0v) is 11.3. The number of carbonyl (C=O) groups is 1. The van der Waals surface area contributed by atoms with Gasteiger partial charge in [-0.3, -0.25) is 4.79 Å². The molecule has 0 saturated carbocycles. The second-order valence-electron chi connectivity index (χ2n) is 4.34. The summed E-state index contributed by atoms with van der Waals surface area (Å²) in [7, 11) is 0. The van der Waals surface area contributed by atoms with Crippen molar-refractivity contribution < 1.29 is 4.79 Å². The number of nitrogens with zero attached hydrogens (tertiary/aromatic N) is 2. The molecule has 1 aromatic heterocycles. The molecule has 0 radical (unpaired) electrons. The number of carbonyl (C=O) groups excluding carboxylic acids is 1. The molecule has 98 valence electrons. The molecule has 0 aliphatic rings. The van der Waals surface area contributed by atoms with Crippen LogP contribution in [0.4, 0.5) is 5.82 Å². The Balaban J connectivity index is 2.87. The molecule has 0 aromatic carbocycles. The summed E-state index contributed by atoms with van der Waals surface area (Å²) in [6.45, 7) is 10.9. The van der Waals surface area contributed by atoms with Crippen molar-refractivity contribution in [1.82, 2.24) is 9.88 Å². The summed E-state index contributed by atoms with van der Waals surface area (Å²) in [5, 5.41) is 3.19. The van der Waals surface area contributed by atoms with Gasteiger partial charge >= 0.3 is 0 Å². The van der Waals surface area contributed by atoms with Crippen LogP contribution in [-0.4, -0.2) is 34.9 Å². The first-order chi connectivity index (χ1) is 8.58. The van der Waals surface area contributed by atoms with Crippen LogP contribution in [0.2, 0.25) is 0 Å². The van der Waals surface area contributed by atoms with Crippen LogP contribution in [0.1, 0.15) is 31.3 Å². The van der Waals surface area contributed by atoms with E-state index in [2.05, 4.69) is 16.9 Å². The van der Waals surface area contributed by atoms with Crippen molar-refractivity contribution in [3.8, 4) is 0 Å². The van der Waals surface area contributed by atoms with E-state index < -0.39 is 0 Å². The van der Waals surface area contributed by atoms with E-state index in [1.54, 1.807) is 17.0 Å².